The molecule has 2 rings (SSSR count). The van der Waals surface area contributed by atoms with Gasteiger partial charge >= 0.3 is 6.18 Å². The van der Waals surface area contributed by atoms with Crippen LogP contribution in [0.15, 0.2) is 29.0 Å². The smallest absolute Gasteiger partial charge is 0.338 e. The highest BCUT2D eigenvalue weighted by molar-refractivity contribution is 6.04. The minimum absolute atomic E-state index is 0.0103. The third-order valence-electron chi connectivity index (χ3n) is 2.53. The van der Waals surface area contributed by atoms with Crippen molar-refractivity contribution in [3.63, 3.8) is 0 Å². The lowest BCUT2D eigenvalue weighted by molar-refractivity contribution is -0.138. The molecule has 0 aliphatic heterocycles. The van der Waals surface area contributed by atoms with E-state index in [0.717, 1.165) is 18.5 Å². The van der Waals surface area contributed by atoms with Crippen LogP contribution in [0.5, 0.6) is 0 Å². The second-order valence-corrected chi connectivity index (χ2v) is 3.91. The predicted octanol–water partition coefficient (Wildman–Crippen LogP) is 2.90. The summed E-state index contributed by atoms with van der Waals surface area (Å²) in [5, 5.41) is 5.84. The molecule has 0 aliphatic rings. The maximum atomic E-state index is 12.8. The second-order valence-electron chi connectivity index (χ2n) is 3.91. The van der Waals surface area contributed by atoms with Crippen LogP contribution in [0.3, 0.4) is 0 Å². The van der Waals surface area contributed by atoms with Crippen molar-refractivity contribution in [3.8, 4) is 0 Å². The van der Waals surface area contributed by atoms with E-state index in [1.807, 2.05) is 6.92 Å². The Morgan fingerprint density at radius 1 is 1.45 bits per heavy atom. The zero-order chi connectivity index (χ0) is 14.8. The molecule has 1 N–H and O–H groups in total. The largest absolute Gasteiger partial charge is 0.417 e. The van der Waals surface area contributed by atoms with E-state index < -0.39 is 23.2 Å². The topological polar surface area (TPSA) is 68.0 Å². The Labute approximate surface area is 111 Å². The van der Waals surface area contributed by atoms with Crippen LogP contribution < -0.4 is 5.32 Å². The van der Waals surface area contributed by atoms with Gasteiger partial charge in [0.05, 0.1) is 16.8 Å². The Hall–Kier alpha value is -2.38. The van der Waals surface area contributed by atoms with E-state index in [0.29, 0.717) is 12.1 Å². The zero-order valence-corrected chi connectivity index (χ0v) is 10.4. The van der Waals surface area contributed by atoms with Crippen LogP contribution in [-0.4, -0.2) is 16.0 Å². The van der Waals surface area contributed by atoms with Crippen molar-refractivity contribution in [2.75, 3.05) is 5.32 Å². The number of anilines is 1. The summed E-state index contributed by atoms with van der Waals surface area (Å²) in [7, 11) is 0. The summed E-state index contributed by atoms with van der Waals surface area (Å²) in [6.45, 7) is 1.83. The van der Waals surface area contributed by atoms with E-state index in [2.05, 4.69) is 15.5 Å². The van der Waals surface area contributed by atoms with Gasteiger partial charge in [-0.15, -0.1) is 0 Å². The summed E-state index contributed by atoms with van der Waals surface area (Å²) in [5.41, 5.74) is -1.04. The third-order valence-corrected chi connectivity index (χ3v) is 2.53. The lowest BCUT2D eigenvalue weighted by atomic mass is 10.1. The van der Waals surface area contributed by atoms with E-state index in [9.17, 15) is 18.0 Å². The van der Waals surface area contributed by atoms with Gasteiger partial charge in [0.15, 0.2) is 0 Å². The molecule has 0 aromatic carbocycles. The van der Waals surface area contributed by atoms with Crippen molar-refractivity contribution in [2.45, 2.75) is 19.5 Å². The molecule has 5 nitrogen and oxygen atoms in total. The average Bonchev–Trinajstić information content (AvgIpc) is 2.85. The van der Waals surface area contributed by atoms with E-state index in [4.69, 9.17) is 4.52 Å². The maximum absolute atomic E-state index is 12.8. The van der Waals surface area contributed by atoms with Gasteiger partial charge in [-0.05, 0) is 12.5 Å². The van der Waals surface area contributed by atoms with Crippen molar-refractivity contribution >= 4 is 11.8 Å². The van der Waals surface area contributed by atoms with Crippen LogP contribution in [0, 0.1) is 0 Å². The van der Waals surface area contributed by atoms with Gasteiger partial charge in [-0.25, -0.2) is 0 Å². The van der Waals surface area contributed by atoms with E-state index in [1.165, 1.54) is 6.07 Å². The first kappa shape index (κ1) is 14.0. The number of rotatable bonds is 3. The Morgan fingerprint density at radius 3 is 2.80 bits per heavy atom. The van der Waals surface area contributed by atoms with Crippen LogP contribution >= 0.6 is 0 Å². The van der Waals surface area contributed by atoms with Crippen LogP contribution in [0.2, 0.25) is 0 Å². The molecular formula is C12H10F3N3O2. The number of nitrogens with zero attached hydrogens (tertiary/aromatic N) is 2. The summed E-state index contributed by atoms with van der Waals surface area (Å²) in [5.74, 6) is -0.965. The number of aryl methyl sites for hydroxylation is 1. The van der Waals surface area contributed by atoms with Crippen LogP contribution in [0.25, 0.3) is 0 Å². The highest BCUT2D eigenvalue weighted by Crippen LogP contribution is 2.31. The number of halogens is 3. The highest BCUT2D eigenvalue weighted by Gasteiger charge is 2.35. The minimum Gasteiger partial charge on any atom is -0.338 e. The molecule has 106 valence electrons. The fourth-order valence-corrected chi connectivity index (χ4v) is 1.54. The van der Waals surface area contributed by atoms with Crippen LogP contribution in [0.4, 0.5) is 19.1 Å². The quantitative estimate of drug-likeness (QED) is 0.941. The van der Waals surface area contributed by atoms with Crippen molar-refractivity contribution in [1.82, 2.24) is 10.1 Å². The van der Waals surface area contributed by atoms with Gasteiger partial charge in [0.25, 0.3) is 5.91 Å². The molecule has 0 radical (unpaired) electrons. The SMILES string of the molecule is CCc1cc(NC(=O)c2cnccc2C(F)(F)F)on1. The summed E-state index contributed by atoms with van der Waals surface area (Å²) >= 11 is 0. The summed E-state index contributed by atoms with van der Waals surface area (Å²) in [6, 6.07) is 2.19. The molecule has 8 heteroatoms. The number of carbonyl (C=O) groups excluding carboxylic acids is 1. The molecule has 2 aromatic heterocycles. The highest BCUT2D eigenvalue weighted by atomic mass is 19.4. The Balaban J connectivity index is 2.25. The lowest BCUT2D eigenvalue weighted by Crippen LogP contribution is -2.18. The van der Waals surface area contributed by atoms with Crippen molar-refractivity contribution in [1.29, 1.82) is 0 Å². The molecule has 0 saturated heterocycles. The van der Waals surface area contributed by atoms with Crippen LogP contribution in [0.1, 0.15) is 28.5 Å². The first-order chi connectivity index (χ1) is 9.41. The van der Waals surface area contributed by atoms with Crippen LogP contribution in [-0.2, 0) is 12.6 Å². The molecule has 0 unspecified atom stereocenters. The second kappa shape index (κ2) is 5.32. The number of pyridine rings is 1. The van der Waals surface area contributed by atoms with Gasteiger partial charge in [-0.1, -0.05) is 12.1 Å². The number of alkyl halides is 3. The molecule has 2 heterocycles. The zero-order valence-electron chi connectivity index (χ0n) is 10.4. The van der Waals surface area contributed by atoms with Crippen molar-refractivity contribution in [2.24, 2.45) is 0 Å². The monoisotopic (exact) mass is 285 g/mol. The van der Waals surface area contributed by atoms with Gasteiger partial charge in [-0.2, -0.15) is 13.2 Å². The first-order valence-electron chi connectivity index (χ1n) is 5.70. The van der Waals surface area contributed by atoms with E-state index >= 15 is 0 Å². The molecule has 1 amide bonds. The van der Waals surface area contributed by atoms with Gasteiger partial charge < -0.3 is 4.52 Å². The lowest BCUT2D eigenvalue weighted by Gasteiger charge is -2.10. The molecule has 0 saturated carbocycles. The maximum Gasteiger partial charge on any atom is 0.417 e. The van der Waals surface area contributed by atoms with E-state index in [1.54, 1.807) is 0 Å². The van der Waals surface area contributed by atoms with Gasteiger partial charge in [0, 0.05) is 18.5 Å². The molecule has 0 bridgehead atoms. The van der Waals surface area contributed by atoms with Crippen molar-refractivity contribution in [3.05, 3.63) is 41.3 Å². The molecule has 2 aromatic rings. The van der Waals surface area contributed by atoms with Gasteiger partial charge in [0.1, 0.15) is 0 Å². The number of carbonyl (C=O) groups is 1. The standard InChI is InChI=1S/C12H10F3N3O2/c1-2-7-5-10(20-18-7)17-11(19)8-6-16-4-3-9(8)12(13,14)15/h3-6H,2H2,1H3,(H,17,19). The summed E-state index contributed by atoms with van der Waals surface area (Å²) in [6.07, 6.45) is -2.22. The Kier molecular flexibility index (Phi) is 3.73. The molecule has 0 aliphatic carbocycles. The third kappa shape index (κ3) is 2.95. The molecule has 0 fully saturated rings. The fraction of sp³-hybridized carbons (Fsp3) is 0.250. The predicted molar refractivity (Wildman–Crippen MR) is 63.1 cm³/mol. The number of aromatic nitrogens is 2. The number of amides is 1. The van der Waals surface area contributed by atoms with E-state index in [-0.39, 0.29) is 5.88 Å². The first-order valence-corrected chi connectivity index (χ1v) is 5.70. The van der Waals surface area contributed by atoms with Crippen molar-refractivity contribution < 1.29 is 22.5 Å². The Morgan fingerprint density at radius 2 is 2.20 bits per heavy atom. The number of nitrogens with one attached hydrogen (secondary N) is 1. The number of hydrogen-bond acceptors (Lipinski definition) is 4. The molecule has 0 spiro atoms. The summed E-state index contributed by atoms with van der Waals surface area (Å²) < 4.78 is 43.1. The molecular weight excluding hydrogens is 275 g/mol. The normalized spacial score (nSPS) is 11.4. The van der Waals surface area contributed by atoms with Gasteiger partial charge in [-0.3, -0.25) is 15.1 Å². The van der Waals surface area contributed by atoms with Gasteiger partial charge in [0.2, 0.25) is 5.88 Å². The average molecular weight is 285 g/mol. The molecule has 0 atom stereocenters. The minimum atomic E-state index is -4.63. The Bertz CT molecular complexity index is 622. The number of hydrogen-bond donors (Lipinski definition) is 1. The fourth-order valence-electron chi connectivity index (χ4n) is 1.54. The molecule has 20 heavy (non-hydrogen) atoms. The summed E-state index contributed by atoms with van der Waals surface area (Å²) in [4.78, 5) is 15.4.